The van der Waals surface area contributed by atoms with Crippen molar-refractivity contribution in [3.63, 3.8) is 0 Å². The predicted molar refractivity (Wildman–Crippen MR) is 116 cm³/mol. The van der Waals surface area contributed by atoms with Gasteiger partial charge >= 0.3 is 0 Å². The zero-order chi connectivity index (χ0) is 23.4. The largest absolute Gasteiger partial charge is 0.400 e. The molecule has 0 radical (unpaired) electrons. The number of nitrogens with one attached hydrogen (secondary N) is 2. The summed E-state index contributed by atoms with van der Waals surface area (Å²) in [5, 5.41) is 5.97. The first kappa shape index (κ1) is 23.8. The van der Waals surface area contributed by atoms with Crippen LogP contribution in [0.25, 0.3) is 0 Å². The Morgan fingerprint density at radius 1 is 1.38 bits per heavy atom. The number of nitrogens with two attached hydrogens (primary N) is 1. The third kappa shape index (κ3) is 5.89. The fraction of sp³-hybridized carbons (Fsp3) is 0.565. The van der Waals surface area contributed by atoms with Gasteiger partial charge in [0.1, 0.15) is 18.0 Å². The number of alkyl halides is 1. The third-order valence-electron chi connectivity index (χ3n) is 6.09. The highest BCUT2D eigenvalue weighted by atomic mass is 19.1. The van der Waals surface area contributed by atoms with Crippen molar-refractivity contribution in [2.24, 2.45) is 16.8 Å². The Morgan fingerprint density at radius 2 is 2.09 bits per heavy atom. The van der Waals surface area contributed by atoms with Gasteiger partial charge in [-0.15, -0.1) is 0 Å². The number of hydrogen-bond acceptors (Lipinski definition) is 5. The van der Waals surface area contributed by atoms with Gasteiger partial charge in [-0.05, 0) is 35.4 Å². The molecular weight excluding hydrogens is 416 g/mol. The van der Waals surface area contributed by atoms with Gasteiger partial charge in [-0.1, -0.05) is 38.8 Å². The lowest BCUT2D eigenvalue weighted by molar-refractivity contribution is -0.138. The number of carbonyl (C=O) groups is 2. The van der Waals surface area contributed by atoms with Gasteiger partial charge in [-0.2, -0.15) is 5.11 Å². The number of amides is 2. The second-order valence-corrected chi connectivity index (χ2v) is 9.08. The zero-order valence-corrected chi connectivity index (χ0v) is 18.5. The van der Waals surface area contributed by atoms with Crippen LogP contribution in [0.1, 0.15) is 69.0 Å². The van der Waals surface area contributed by atoms with Gasteiger partial charge < -0.3 is 16.0 Å². The lowest BCUT2D eigenvalue weighted by Gasteiger charge is -2.27. The van der Waals surface area contributed by atoms with Crippen molar-refractivity contribution < 1.29 is 18.4 Å². The fourth-order valence-corrected chi connectivity index (χ4v) is 4.18. The van der Waals surface area contributed by atoms with E-state index in [1.54, 1.807) is 6.07 Å². The quantitative estimate of drug-likeness (QED) is 0.496. The van der Waals surface area contributed by atoms with Gasteiger partial charge in [0.15, 0.2) is 0 Å². The first-order valence-electron chi connectivity index (χ1n) is 11.0. The van der Waals surface area contributed by atoms with E-state index in [9.17, 15) is 18.4 Å². The number of carbonyl (C=O) groups excluding carboxylic acids is 2. The summed E-state index contributed by atoms with van der Waals surface area (Å²) < 4.78 is 28.8. The van der Waals surface area contributed by atoms with Crippen LogP contribution in [-0.2, 0) is 9.59 Å². The maximum Gasteiger partial charge on any atom is 0.243 e. The summed E-state index contributed by atoms with van der Waals surface area (Å²) in [5.74, 6) is -0.749. The lowest BCUT2D eigenvalue weighted by Crippen LogP contribution is -2.47. The molecule has 3 atom stereocenters. The number of hydrogen-bond donors (Lipinski definition) is 3. The Balaban J connectivity index is 1.76. The first-order chi connectivity index (χ1) is 15.2. The van der Waals surface area contributed by atoms with Crippen molar-refractivity contribution >= 4 is 11.8 Å². The minimum Gasteiger partial charge on any atom is -0.400 e. The maximum atomic E-state index is 14.6. The Kier molecular flexibility index (Phi) is 7.58. The van der Waals surface area contributed by atoms with E-state index in [-0.39, 0.29) is 36.8 Å². The van der Waals surface area contributed by atoms with E-state index in [2.05, 4.69) is 10.4 Å². The molecular formula is C23H31F2N5O2. The smallest absolute Gasteiger partial charge is 0.243 e. The van der Waals surface area contributed by atoms with Gasteiger partial charge in [0, 0.05) is 12.1 Å². The number of rotatable bonds is 9. The summed E-state index contributed by atoms with van der Waals surface area (Å²) in [5.41, 5.74) is 13.8. The Bertz CT molecular complexity index is 900. The number of halogens is 2. The number of likely N-dealkylation sites (tertiary alicyclic amines) is 1. The number of benzene rings is 1. The molecule has 2 fully saturated rings. The molecule has 1 aromatic rings. The molecule has 1 heterocycles. The third-order valence-corrected chi connectivity index (χ3v) is 6.09. The van der Waals surface area contributed by atoms with Crippen LogP contribution in [-0.4, -0.2) is 35.5 Å². The summed E-state index contributed by atoms with van der Waals surface area (Å²) in [6.45, 7) is 3.65. The Hall–Kier alpha value is -2.84. The van der Waals surface area contributed by atoms with Crippen LogP contribution in [0.3, 0.4) is 0 Å². The highest BCUT2D eigenvalue weighted by Crippen LogP contribution is 2.38. The molecule has 2 aliphatic rings. The molecule has 0 spiro atoms. The van der Waals surface area contributed by atoms with Crippen LogP contribution in [0.2, 0.25) is 0 Å². The molecule has 2 amide bonds. The van der Waals surface area contributed by atoms with Crippen LogP contribution < -0.4 is 11.1 Å². The van der Waals surface area contributed by atoms with Crippen LogP contribution >= 0.6 is 0 Å². The van der Waals surface area contributed by atoms with Crippen molar-refractivity contribution in [1.29, 1.82) is 5.53 Å². The van der Waals surface area contributed by atoms with Crippen LogP contribution in [0.5, 0.6) is 0 Å². The first-order valence-corrected chi connectivity index (χ1v) is 11.0. The normalized spacial score (nSPS) is 22.2. The maximum absolute atomic E-state index is 14.6. The Labute approximate surface area is 186 Å². The second-order valence-electron chi connectivity index (χ2n) is 9.08. The summed E-state index contributed by atoms with van der Waals surface area (Å²) in [7, 11) is 0. The molecule has 1 aliphatic heterocycles. The molecule has 32 heavy (non-hydrogen) atoms. The molecule has 1 aliphatic carbocycles. The molecule has 3 rings (SSSR count). The molecule has 1 saturated carbocycles. The molecule has 1 aromatic carbocycles. The van der Waals surface area contributed by atoms with Crippen molar-refractivity contribution in [3.05, 3.63) is 47.0 Å². The molecule has 0 bridgehead atoms. The monoisotopic (exact) mass is 447 g/mol. The predicted octanol–water partition coefficient (Wildman–Crippen LogP) is 4.07. The summed E-state index contributed by atoms with van der Waals surface area (Å²) in [4.78, 5) is 26.9. The van der Waals surface area contributed by atoms with Crippen LogP contribution in [0.15, 0.2) is 35.2 Å². The molecule has 1 unspecified atom stereocenters. The van der Waals surface area contributed by atoms with Crippen LogP contribution in [0.4, 0.5) is 8.78 Å². The van der Waals surface area contributed by atoms with E-state index in [1.165, 1.54) is 11.0 Å². The zero-order valence-electron chi connectivity index (χ0n) is 18.5. The average molecular weight is 448 g/mol. The second kappa shape index (κ2) is 10.2. The average Bonchev–Trinajstić information content (AvgIpc) is 3.45. The van der Waals surface area contributed by atoms with E-state index < -0.39 is 30.1 Å². The van der Waals surface area contributed by atoms with Gasteiger partial charge in [0.25, 0.3) is 0 Å². The molecule has 0 aromatic heterocycles. The minimum atomic E-state index is -1.31. The summed E-state index contributed by atoms with van der Waals surface area (Å²) >= 11 is 0. The highest BCUT2D eigenvalue weighted by Gasteiger charge is 2.40. The van der Waals surface area contributed by atoms with E-state index in [0.717, 1.165) is 19.0 Å². The minimum absolute atomic E-state index is 0.0457. The van der Waals surface area contributed by atoms with E-state index in [4.69, 9.17) is 11.3 Å². The number of nitrogens with zero attached hydrogens (tertiary/aromatic N) is 2. The molecule has 1 saturated heterocycles. The van der Waals surface area contributed by atoms with E-state index in [1.807, 2.05) is 19.9 Å². The lowest BCUT2D eigenvalue weighted by atomic mass is 9.95. The topological polar surface area (TPSA) is 112 Å². The fourth-order valence-electron chi connectivity index (χ4n) is 4.18. The van der Waals surface area contributed by atoms with E-state index >= 15 is 0 Å². The van der Waals surface area contributed by atoms with Crippen molar-refractivity contribution in [2.45, 2.75) is 70.1 Å². The van der Waals surface area contributed by atoms with Crippen molar-refractivity contribution in [1.82, 2.24) is 10.2 Å². The SMILES string of the molecule is CC(C)c1ccc(C(CC2CC2)NC(=O)[C@@H]2C[C@@H](F)CN2C(=O)C/C(N)=C/N=N)cc1F. The highest BCUT2D eigenvalue weighted by molar-refractivity contribution is 5.89. The van der Waals surface area contributed by atoms with E-state index in [0.29, 0.717) is 23.5 Å². The van der Waals surface area contributed by atoms with Crippen LogP contribution in [0, 0.1) is 17.3 Å². The summed E-state index contributed by atoms with van der Waals surface area (Å²) in [6, 6.07) is 3.68. The van der Waals surface area contributed by atoms with Gasteiger partial charge in [0.2, 0.25) is 11.8 Å². The van der Waals surface area contributed by atoms with Crippen molar-refractivity contribution in [3.8, 4) is 0 Å². The van der Waals surface area contributed by atoms with Gasteiger partial charge in [-0.25, -0.2) is 14.3 Å². The standard InChI is InChI=1S/C23H31F2N5O2/c1-13(2)18-6-5-15(8-19(18)25)20(7-14-3-4-14)29-23(32)21-9-16(24)12-30(21)22(31)10-17(26)11-28-27/h5-6,8,11,13-14,16,20-21,27H,3-4,7,9-10,12,26H2,1-2H3,(H,29,32)/b17-11-,28-27?/t16-,20?,21+/m1/s1. The molecule has 7 nitrogen and oxygen atoms in total. The van der Waals surface area contributed by atoms with Crippen molar-refractivity contribution in [2.75, 3.05) is 6.54 Å². The van der Waals surface area contributed by atoms with Gasteiger partial charge in [0.05, 0.1) is 25.2 Å². The Morgan fingerprint density at radius 3 is 2.69 bits per heavy atom. The molecule has 174 valence electrons. The molecule has 4 N–H and O–H groups in total. The molecule has 9 heteroatoms. The summed E-state index contributed by atoms with van der Waals surface area (Å²) in [6.07, 6.45) is 2.18. The van der Waals surface area contributed by atoms with Gasteiger partial charge in [-0.3, -0.25) is 9.59 Å².